The summed E-state index contributed by atoms with van der Waals surface area (Å²) in [5.74, 6) is 1.37. The number of rotatable bonds is 7. The van der Waals surface area contributed by atoms with Gasteiger partial charge in [0, 0.05) is 18.8 Å². The van der Waals surface area contributed by atoms with Gasteiger partial charge in [-0.05, 0) is 18.6 Å². The molecule has 0 saturated heterocycles. The maximum Gasteiger partial charge on any atom is 0.156 e. The van der Waals surface area contributed by atoms with Gasteiger partial charge >= 0.3 is 0 Å². The maximum absolute atomic E-state index is 10.1. The van der Waals surface area contributed by atoms with E-state index in [0.29, 0.717) is 22.3 Å². The Morgan fingerprint density at radius 3 is 2.71 bits per heavy atom. The van der Waals surface area contributed by atoms with Crippen molar-refractivity contribution >= 4 is 23.2 Å². The van der Waals surface area contributed by atoms with Crippen LogP contribution in [0, 0.1) is 0 Å². The first-order valence-corrected chi connectivity index (χ1v) is 7.62. The van der Waals surface area contributed by atoms with Crippen molar-refractivity contribution in [1.29, 1.82) is 0 Å². The van der Waals surface area contributed by atoms with Crippen LogP contribution in [0.5, 0.6) is 5.75 Å². The van der Waals surface area contributed by atoms with Gasteiger partial charge in [-0.1, -0.05) is 36.2 Å². The van der Waals surface area contributed by atoms with Gasteiger partial charge in [-0.15, -0.1) is 0 Å². The second kappa shape index (κ2) is 7.69. The van der Waals surface area contributed by atoms with Crippen LogP contribution in [0.2, 0.25) is 10.0 Å². The van der Waals surface area contributed by atoms with Crippen LogP contribution in [0.4, 0.5) is 0 Å². The fraction of sp³-hybridized carbons (Fsp3) is 0.400. The highest BCUT2D eigenvalue weighted by Crippen LogP contribution is 2.32. The lowest BCUT2D eigenvalue weighted by atomic mass is 10.3. The van der Waals surface area contributed by atoms with Crippen molar-refractivity contribution in [1.82, 2.24) is 9.55 Å². The number of ether oxygens (including phenoxy) is 1. The number of aromatic nitrogens is 2. The minimum atomic E-state index is -0.665. The number of para-hydroxylation sites is 1. The number of aliphatic hydroxyl groups excluding tert-OH is 1. The van der Waals surface area contributed by atoms with Gasteiger partial charge in [-0.3, -0.25) is 0 Å². The summed E-state index contributed by atoms with van der Waals surface area (Å²) in [4.78, 5) is 4.27. The zero-order chi connectivity index (χ0) is 15.2. The second-order valence-electron chi connectivity index (χ2n) is 4.76. The summed E-state index contributed by atoms with van der Waals surface area (Å²) in [7, 11) is 0. The predicted octanol–water partition coefficient (Wildman–Crippen LogP) is 3.58. The van der Waals surface area contributed by atoms with Gasteiger partial charge in [0.15, 0.2) is 5.75 Å². The van der Waals surface area contributed by atoms with E-state index < -0.39 is 6.10 Å². The molecule has 0 radical (unpaired) electrons. The summed E-state index contributed by atoms with van der Waals surface area (Å²) in [6.45, 7) is 2.64. The van der Waals surface area contributed by atoms with Crippen LogP contribution in [0.3, 0.4) is 0 Å². The average molecular weight is 329 g/mol. The highest BCUT2D eigenvalue weighted by molar-refractivity contribution is 6.37. The van der Waals surface area contributed by atoms with E-state index in [4.69, 9.17) is 27.9 Å². The molecule has 6 heteroatoms. The molecule has 1 N–H and O–H groups in total. The third-order valence-electron chi connectivity index (χ3n) is 3.02. The second-order valence-corrected chi connectivity index (χ2v) is 5.58. The van der Waals surface area contributed by atoms with E-state index in [2.05, 4.69) is 11.9 Å². The summed E-state index contributed by atoms with van der Waals surface area (Å²) < 4.78 is 7.47. The van der Waals surface area contributed by atoms with Crippen molar-refractivity contribution in [3.05, 3.63) is 46.5 Å². The van der Waals surface area contributed by atoms with Crippen LogP contribution in [-0.4, -0.2) is 27.4 Å². The molecule has 4 nitrogen and oxygen atoms in total. The lowest BCUT2D eigenvalue weighted by Crippen LogP contribution is -2.24. The first kappa shape index (κ1) is 16.1. The first-order chi connectivity index (χ1) is 10.1. The Bertz CT molecular complexity index is 567. The number of aliphatic hydroxyl groups is 1. The molecule has 0 bridgehead atoms. The molecule has 0 spiro atoms. The maximum atomic E-state index is 10.1. The van der Waals surface area contributed by atoms with Crippen molar-refractivity contribution in [3.63, 3.8) is 0 Å². The van der Waals surface area contributed by atoms with Crippen LogP contribution in [0.1, 0.15) is 19.2 Å². The molecule has 1 heterocycles. The largest absolute Gasteiger partial charge is 0.488 e. The molecule has 0 amide bonds. The Kier molecular flexibility index (Phi) is 5.91. The fourth-order valence-corrected chi connectivity index (χ4v) is 2.54. The number of hydrogen-bond donors (Lipinski definition) is 1. The normalized spacial score (nSPS) is 12.4. The lowest BCUT2D eigenvalue weighted by molar-refractivity contribution is 0.0918. The quantitative estimate of drug-likeness (QED) is 0.844. The van der Waals surface area contributed by atoms with Crippen molar-refractivity contribution < 1.29 is 9.84 Å². The molecule has 2 aromatic rings. The molecule has 1 atom stereocenters. The van der Waals surface area contributed by atoms with Gasteiger partial charge in [0.1, 0.15) is 18.5 Å². The van der Waals surface area contributed by atoms with Crippen LogP contribution in [0.15, 0.2) is 30.6 Å². The highest BCUT2D eigenvalue weighted by Gasteiger charge is 2.12. The number of imidazole rings is 1. The van der Waals surface area contributed by atoms with Gasteiger partial charge in [-0.2, -0.15) is 0 Å². The summed E-state index contributed by atoms with van der Waals surface area (Å²) in [5.41, 5.74) is 0. The molecule has 0 aliphatic rings. The molecule has 1 aromatic heterocycles. The molecule has 114 valence electrons. The standard InChI is InChI=1S/C15H18Cl2N2O2/c1-2-4-14-18-7-8-19(14)9-11(20)10-21-15-12(16)5-3-6-13(15)17/h3,5-8,11,20H,2,4,9-10H2,1H3. The lowest BCUT2D eigenvalue weighted by Gasteiger charge is -2.16. The van der Waals surface area contributed by atoms with Gasteiger partial charge in [0.25, 0.3) is 0 Å². The number of aryl methyl sites for hydroxylation is 1. The molecule has 0 aliphatic heterocycles. The predicted molar refractivity (Wildman–Crippen MR) is 84.2 cm³/mol. The van der Waals surface area contributed by atoms with Gasteiger partial charge < -0.3 is 14.4 Å². The van der Waals surface area contributed by atoms with Crippen LogP contribution < -0.4 is 4.74 Å². The van der Waals surface area contributed by atoms with Crippen molar-refractivity contribution in [2.45, 2.75) is 32.4 Å². The Hall–Kier alpha value is -1.23. The molecule has 21 heavy (non-hydrogen) atoms. The molecule has 2 rings (SSSR count). The topological polar surface area (TPSA) is 47.3 Å². The molecule has 0 fully saturated rings. The zero-order valence-corrected chi connectivity index (χ0v) is 13.3. The molecule has 0 saturated carbocycles. The molecule has 0 aliphatic carbocycles. The minimum Gasteiger partial charge on any atom is -0.488 e. The molecular formula is C15H18Cl2N2O2. The third kappa shape index (κ3) is 4.37. The smallest absolute Gasteiger partial charge is 0.156 e. The Balaban J connectivity index is 1.93. The minimum absolute atomic E-state index is 0.118. The number of halogens is 2. The number of nitrogens with zero attached hydrogens (tertiary/aromatic N) is 2. The van der Waals surface area contributed by atoms with Crippen molar-refractivity contribution in [3.8, 4) is 5.75 Å². The number of benzene rings is 1. The first-order valence-electron chi connectivity index (χ1n) is 6.86. The molecular weight excluding hydrogens is 311 g/mol. The molecule has 1 unspecified atom stereocenters. The van der Waals surface area contributed by atoms with E-state index in [9.17, 15) is 5.11 Å². The Morgan fingerprint density at radius 1 is 1.33 bits per heavy atom. The Morgan fingerprint density at radius 2 is 2.05 bits per heavy atom. The highest BCUT2D eigenvalue weighted by atomic mass is 35.5. The summed E-state index contributed by atoms with van der Waals surface area (Å²) in [6, 6.07) is 5.14. The van der Waals surface area contributed by atoms with E-state index in [1.54, 1.807) is 24.4 Å². The van der Waals surface area contributed by atoms with Gasteiger partial charge in [0.2, 0.25) is 0 Å². The van der Waals surface area contributed by atoms with Gasteiger partial charge in [-0.25, -0.2) is 4.98 Å². The average Bonchev–Trinajstić information content (AvgIpc) is 2.86. The van der Waals surface area contributed by atoms with E-state index in [-0.39, 0.29) is 6.61 Å². The van der Waals surface area contributed by atoms with Crippen molar-refractivity contribution in [2.24, 2.45) is 0 Å². The van der Waals surface area contributed by atoms with E-state index in [0.717, 1.165) is 18.7 Å². The summed E-state index contributed by atoms with van der Waals surface area (Å²) in [6.07, 6.45) is 4.83. The third-order valence-corrected chi connectivity index (χ3v) is 3.62. The zero-order valence-electron chi connectivity index (χ0n) is 11.8. The summed E-state index contributed by atoms with van der Waals surface area (Å²) in [5, 5.41) is 11.0. The van der Waals surface area contributed by atoms with Crippen LogP contribution in [-0.2, 0) is 13.0 Å². The Labute approximate surface area is 134 Å². The van der Waals surface area contributed by atoms with E-state index >= 15 is 0 Å². The van der Waals surface area contributed by atoms with E-state index in [1.807, 2.05) is 10.8 Å². The van der Waals surface area contributed by atoms with Crippen LogP contribution >= 0.6 is 23.2 Å². The summed E-state index contributed by atoms with van der Waals surface area (Å²) >= 11 is 12.0. The van der Waals surface area contributed by atoms with E-state index in [1.165, 1.54) is 0 Å². The molecule has 1 aromatic carbocycles. The van der Waals surface area contributed by atoms with Gasteiger partial charge in [0.05, 0.1) is 16.6 Å². The van der Waals surface area contributed by atoms with Crippen LogP contribution in [0.25, 0.3) is 0 Å². The fourth-order valence-electron chi connectivity index (χ4n) is 2.04. The SMILES string of the molecule is CCCc1nccn1CC(O)COc1c(Cl)cccc1Cl. The number of hydrogen-bond acceptors (Lipinski definition) is 3. The van der Waals surface area contributed by atoms with Crippen molar-refractivity contribution in [2.75, 3.05) is 6.61 Å². The monoisotopic (exact) mass is 328 g/mol.